The molecular weight excluding hydrogens is 408 g/mol. The number of fused-ring (bicyclic) bond motifs is 3. The van der Waals surface area contributed by atoms with Gasteiger partial charge >= 0.3 is 0 Å². The van der Waals surface area contributed by atoms with E-state index in [0.717, 1.165) is 27.9 Å². The molecule has 0 bridgehead atoms. The summed E-state index contributed by atoms with van der Waals surface area (Å²) in [6, 6.07) is 19.2. The van der Waals surface area contributed by atoms with Crippen molar-refractivity contribution in [3.63, 3.8) is 0 Å². The topological polar surface area (TPSA) is 24.8 Å². The highest BCUT2D eigenvalue weighted by Gasteiger charge is 2.41. The van der Waals surface area contributed by atoms with Gasteiger partial charge in [-0.1, -0.05) is 51.8 Å². The van der Waals surface area contributed by atoms with Crippen LogP contribution >= 0.6 is 27.3 Å². The van der Waals surface area contributed by atoms with Gasteiger partial charge in [-0.05, 0) is 36.6 Å². The van der Waals surface area contributed by atoms with Crippen LogP contribution in [0.5, 0.6) is 5.75 Å². The van der Waals surface area contributed by atoms with Crippen molar-refractivity contribution in [2.24, 2.45) is 5.10 Å². The van der Waals surface area contributed by atoms with Gasteiger partial charge in [-0.25, -0.2) is 5.01 Å². The predicted octanol–water partition coefficient (Wildman–Crippen LogP) is 6.06. The van der Waals surface area contributed by atoms with Crippen LogP contribution in [0, 0.1) is 6.92 Å². The van der Waals surface area contributed by atoms with Gasteiger partial charge in [0.2, 0.25) is 6.23 Å². The van der Waals surface area contributed by atoms with Gasteiger partial charge in [-0.3, -0.25) is 0 Å². The summed E-state index contributed by atoms with van der Waals surface area (Å²) in [4.78, 5) is 1.23. The van der Waals surface area contributed by atoms with Crippen molar-refractivity contribution in [1.82, 2.24) is 5.01 Å². The molecule has 0 spiro atoms. The van der Waals surface area contributed by atoms with E-state index in [4.69, 9.17) is 9.84 Å². The Hall–Kier alpha value is -2.11. The average molecular weight is 425 g/mol. The minimum absolute atomic E-state index is 0.194. The van der Waals surface area contributed by atoms with Gasteiger partial charge < -0.3 is 4.74 Å². The zero-order valence-corrected chi connectivity index (χ0v) is 16.6. The highest BCUT2D eigenvalue weighted by Crippen LogP contribution is 2.48. The third-order valence-electron chi connectivity index (χ3n) is 4.92. The molecule has 0 N–H and O–H groups in total. The fraction of sp³-hybridized carbons (Fsp3) is 0.190. The van der Waals surface area contributed by atoms with Crippen LogP contribution in [0.2, 0.25) is 0 Å². The summed E-state index contributed by atoms with van der Waals surface area (Å²) in [7, 11) is 0. The Bertz CT molecular complexity index is 982. The van der Waals surface area contributed by atoms with Crippen LogP contribution in [0.1, 0.15) is 40.3 Å². The number of nitrogens with zero attached hydrogens (tertiary/aromatic N) is 2. The lowest BCUT2D eigenvalue weighted by molar-refractivity contribution is -0.0190. The van der Waals surface area contributed by atoms with E-state index in [1.54, 1.807) is 11.3 Å². The molecule has 2 aromatic carbocycles. The Morgan fingerprint density at radius 3 is 2.77 bits per heavy atom. The Morgan fingerprint density at radius 1 is 1.15 bits per heavy atom. The summed E-state index contributed by atoms with van der Waals surface area (Å²) in [5.41, 5.74) is 4.71. The average Bonchev–Trinajstić information content (AvgIpc) is 3.32. The molecule has 2 unspecified atom stereocenters. The van der Waals surface area contributed by atoms with Crippen LogP contribution in [0.3, 0.4) is 0 Å². The van der Waals surface area contributed by atoms with Crippen molar-refractivity contribution in [2.45, 2.75) is 25.6 Å². The van der Waals surface area contributed by atoms with Crippen LogP contribution in [-0.4, -0.2) is 10.7 Å². The monoisotopic (exact) mass is 424 g/mol. The fourth-order valence-corrected chi connectivity index (χ4v) is 4.70. The molecule has 1 aromatic heterocycles. The number of ether oxygens (including phenoxy) is 1. The third-order valence-corrected chi connectivity index (χ3v) is 6.33. The van der Waals surface area contributed by atoms with Gasteiger partial charge in [-0.2, -0.15) is 5.10 Å². The Labute approximate surface area is 165 Å². The van der Waals surface area contributed by atoms with Crippen molar-refractivity contribution < 1.29 is 4.74 Å². The lowest BCUT2D eigenvalue weighted by atomic mass is 9.97. The molecule has 0 saturated carbocycles. The summed E-state index contributed by atoms with van der Waals surface area (Å²) < 4.78 is 7.46. The highest BCUT2D eigenvalue weighted by atomic mass is 79.9. The Balaban J connectivity index is 1.61. The Morgan fingerprint density at radius 2 is 2.00 bits per heavy atom. The molecule has 0 radical (unpaired) electrons. The van der Waals surface area contributed by atoms with E-state index in [2.05, 4.69) is 81.8 Å². The maximum Gasteiger partial charge on any atom is 0.213 e. The van der Waals surface area contributed by atoms with Crippen LogP contribution in [0.4, 0.5) is 0 Å². The van der Waals surface area contributed by atoms with Gasteiger partial charge in [0.25, 0.3) is 0 Å². The first-order valence-corrected chi connectivity index (χ1v) is 10.3. The molecule has 3 aromatic rings. The SMILES string of the molecule is Cc1ccc(C2Oc3ccc(Br)cc3C3CC(c4cccs4)=NN32)cc1. The number of rotatable bonds is 2. The molecular formula is C21H17BrN2OS. The second-order valence-electron chi connectivity index (χ2n) is 6.69. The van der Waals surface area contributed by atoms with Gasteiger partial charge in [0.15, 0.2) is 0 Å². The fourth-order valence-electron chi connectivity index (χ4n) is 3.60. The number of hydrogen-bond acceptors (Lipinski definition) is 4. The molecule has 130 valence electrons. The first kappa shape index (κ1) is 16.1. The summed E-state index contributed by atoms with van der Waals surface area (Å²) in [6.45, 7) is 2.10. The normalized spacial score (nSPS) is 21.0. The molecule has 0 fully saturated rings. The Kier molecular flexibility index (Phi) is 3.87. The molecule has 26 heavy (non-hydrogen) atoms. The molecule has 3 nitrogen and oxygen atoms in total. The highest BCUT2D eigenvalue weighted by molar-refractivity contribution is 9.10. The first-order valence-electron chi connectivity index (χ1n) is 8.61. The van der Waals surface area contributed by atoms with Crippen LogP contribution in [-0.2, 0) is 0 Å². The summed E-state index contributed by atoms with van der Waals surface area (Å²) in [6.07, 6.45) is 0.696. The number of hydrazone groups is 1. The maximum atomic E-state index is 6.39. The molecule has 0 saturated heterocycles. The van der Waals surface area contributed by atoms with Gasteiger partial charge in [0, 0.05) is 22.0 Å². The van der Waals surface area contributed by atoms with Gasteiger partial charge in [0.05, 0.1) is 16.6 Å². The molecule has 5 heteroatoms. The largest absolute Gasteiger partial charge is 0.464 e. The second kappa shape index (κ2) is 6.25. The van der Waals surface area contributed by atoms with E-state index >= 15 is 0 Å². The zero-order valence-electron chi connectivity index (χ0n) is 14.2. The number of aryl methyl sites for hydroxylation is 1. The maximum absolute atomic E-state index is 6.39. The van der Waals surface area contributed by atoms with E-state index in [1.807, 2.05) is 6.07 Å². The van der Waals surface area contributed by atoms with Gasteiger partial charge in [-0.15, -0.1) is 11.3 Å². The van der Waals surface area contributed by atoms with Crippen molar-refractivity contribution in [1.29, 1.82) is 0 Å². The first-order chi connectivity index (χ1) is 12.7. The van der Waals surface area contributed by atoms with Crippen LogP contribution in [0.25, 0.3) is 0 Å². The van der Waals surface area contributed by atoms with Crippen molar-refractivity contribution in [3.05, 3.63) is 86.0 Å². The number of halogens is 1. The summed E-state index contributed by atoms with van der Waals surface area (Å²) >= 11 is 5.34. The number of thiophene rings is 1. The third kappa shape index (κ3) is 2.66. The molecule has 0 aliphatic carbocycles. The van der Waals surface area contributed by atoms with E-state index in [0.29, 0.717) is 0 Å². The number of benzene rings is 2. The van der Waals surface area contributed by atoms with Gasteiger partial charge in [0.1, 0.15) is 5.75 Å². The lowest BCUT2D eigenvalue weighted by Crippen LogP contribution is -2.33. The molecule has 0 amide bonds. The standard InChI is InChI=1S/C21H17BrN2OS/c1-13-4-6-14(7-5-13)21-24-18(12-17(23-24)20-3-2-10-26-20)16-11-15(22)8-9-19(16)25-21/h2-11,18,21H,12H2,1H3. The van der Waals surface area contributed by atoms with Crippen molar-refractivity contribution in [2.75, 3.05) is 0 Å². The second-order valence-corrected chi connectivity index (χ2v) is 8.55. The molecule has 5 rings (SSSR count). The quantitative estimate of drug-likeness (QED) is 0.499. The van der Waals surface area contributed by atoms with E-state index < -0.39 is 0 Å². The van der Waals surface area contributed by atoms with Crippen molar-refractivity contribution in [3.8, 4) is 5.75 Å². The predicted molar refractivity (Wildman–Crippen MR) is 109 cm³/mol. The zero-order chi connectivity index (χ0) is 17.7. The minimum Gasteiger partial charge on any atom is -0.464 e. The molecule has 2 aliphatic rings. The van der Waals surface area contributed by atoms with E-state index in [-0.39, 0.29) is 12.3 Å². The molecule has 3 heterocycles. The lowest BCUT2D eigenvalue weighted by Gasteiger charge is -2.38. The summed E-state index contributed by atoms with van der Waals surface area (Å²) in [5, 5.41) is 9.22. The van der Waals surface area contributed by atoms with Crippen molar-refractivity contribution >= 4 is 33.0 Å². The molecule has 2 atom stereocenters. The van der Waals surface area contributed by atoms with E-state index in [9.17, 15) is 0 Å². The minimum atomic E-state index is -0.202. The van der Waals surface area contributed by atoms with Crippen LogP contribution in [0.15, 0.2) is 69.6 Å². The smallest absolute Gasteiger partial charge is 0.213 e. The number of hydrogen-bond donors (Lipinski definition) is 0. The molecule has 2 aliphatic heterocycles. The van der Waals surface area contributed by atoms with E-state index in [1.165, 1.54) is 16.0 Å². The van der Waals surface area contributed by atoms with Crippen LogP contribution < -0.4 is 4.74 Å². The summed E-state index contributed by atoms with van der Waals surface area (Å²) in [5.74, 6) is 0.947.